The van der Waals surface area contributed by atoms with Crippen LogP contribution in [0.2, 0.25) is 0 Å². The molecule has 0 spiro atoms. The number of para-hydroxylation sites is 1. The van der Waals surface area contributed by atoms with Crippen molar-refractivity contribution in [2.45, 2.75) is 36.2 Å². The van der Waals surface area contributed by atoms with Gasteiger partial charge in [0.05, 0.1) is 17.7 Å². The van der Waals surface area contributed by atoms with Gasteiger partial charge in [0.25, 0.3) is 0 Å². The highest BCUT2D eigenvalue weighted by Crippen LogP contribution is 2.38. The topological polar surface area (TPSA) is 98.5 Å². The number of benzene rings is 1. The molecule has 1 fully saturated rings. The van der Waals surface area contributed by atoms with Gasteiger partial charge in [0.2, 0.25) is 15.9 Å². The number of primary sulfonamides is 1. The quantitative estimate of drug-likeness (QED) is 0.854. The molecule has 0 radical (unpaired) electrons. The number of hydrogen-bond donors (Lipinski definition) is 2. The maximum atomic E-state index is 12.0. The molecule has 1 amide bonds. The third kappa shape index (κ3) is 3.17. The average molecular weight is 298 g/mol. The van der Waals surface area contributed by atoms with Crippen molar-refractivity contribution in [3.05, 3.63) is 24.3 Å². The van der Waals surface area contributed by atoms with Crippen LogP contribution < -0.4 is 10.5 Å². The molecule has 0 bridgehead atoms. The zero-order valence-corrected chi connectivity index (χ0v) is 12.1. The number of carbonyl (C=O) groups excluding carboxylic acids is 1. The highest BCUT2D eigenvalue weighted by atomic mass is 32.2. The lowest BCUT2D eigenvalue weighted by molar-refractivity contribution is -0.129. The monoisotopic (exact) mass is 298 g/mol. The van der Waals surface area contributed by atoms with Crippen LogP contribution in [0.1, 0.15) is 25.7 Å². The number of hydrogen-bond acceptors (Lipinski definition) is 4. The van der Waals surface area contributed by atoms with Crippen LogP contribution in [0.3, 0.4) is 0 Å². The molecule has 20 heavy (non-hydrogen) atoms. The number of amides is 1. The minimum atomic E-state index is -3.87. The molecule has 3 N–H and O–H groups in total. The minimum absolute atomic E-state index is 0.0894. The fourth-order valence-corrected chi connectivity index (χ4v) is 3.02. The van der Waals surface area contributed by atoms with Gasteiger partial charge in [0, 0.05) is 7.11 Å². The van der Waals surface area contributed by atoms with Crippen LogP contribution in [0.4, 0.5) is 5.69 Å². The molecule has 2 rings (SSSR count). The predicted octanol–water partition coefficient (Wildman–Crippen LogP) is 1.23. The van der Waals surface area contributed by atoms with Crippen LogP contribution in [0.25, 0.3) is 0 Å². The normalized spacial score (nSPS) is 17.3. The van der Waals surface area contributed by atoms with Gasteiger partial charge in [-0.1, -0.05) is 12.1 Å². The summed E-state index contributed by atoms with van der Waals surface area (Å²) in [6.07, 6.45) is 2.93. The molecule has 0 unspecified atom stereocenters. The SMILES string of the molecule is COC1(CC(=O)Nc2ccccc2S(N)(=O)=O)CCC1. The molecule has 1 aromatic rings. The van der Waals surface area contributed by atoms with E-state index in [0.29, 0.717) is 0 Å². The van der Waals surface area contributed by atoms with E-state index < -0.39 is 15.6 Å². The molecule has 0 heterocycles. The van der Waals surface area contributed by atoms with Gasteiger partial charge in [0.15, 0.2) is 0 Å². The minimum Gasteiger partial charge on any atom is -0.378 e. The largest absolute Gasteiger partial charge is 0.378 e. The van der Waals surface area contributed by atoms with Gasteiger partial charge < -0.3 is 10.1 Å². The lowest BCUT2D eigenvalue weighted by atomic mass is 9.77. The Kier molecular flexibility index (Phi) is 4.12. The average Bonchev–Trinajstić information content (AvgIpc) is 2.33. The Balaban J connectivity index is 2.13. The molecule has 110 valence electrons. The molecule has 1 saturated carbocycles. The summed E-state index contributed by atoms with van der Waals surface area (Å²) in [5.74, 6) is -0.275. The van der Waals surface area contributed by atoms with Crippen LogP contribution in [0, 0.1) is 0 Å². The van der Waals surface area contributed by atoms with Gasteiger partial charge in [0.1, 0.15) is 4.90 Å². The van der Waals surface area contributed by atoms with Crippen molar-refractivity contribution >= 4 is 21.6 Å². The Morgan fingerprint density at radius 3 is 2.55 bits per heavy atom. The molecule has 6 nitrogen and oxygen atoms in total. The van der Waals surface area contributed by atoms with Crippen LogP contribution in [0.5, 0.6) is 0 Å². The lowest BCUT2D eigenvalue weighted by Gasteiger charge is -2.39. The van der Waals surface area contributed by atoms with Crippen LogP contribution in [-0.2, 0) is 19.6 Å². The number of sulfonamides is 1. The van der Waals surface area contributed by atoms with Crippen LogP contribution in [0.15, 0.2) is 29.2 Å². The van der Waals surface area contributed by atoms with E-state index in [4.69, 9.17) is 9.88 Å². The summed E-state index contributed by atoms with van der Waals surface area (Å²) in [5.41, 5.74) is -0.203. The third-order valence-electron chi connectivity index (χ3n) is 3.65. The Hall–Kier alpha value is -1.44. The van der Waals surface area contributed by atoms with E-state index in [-0.39, 0.29) is 22.9 Å². The van der Waals surface area contributed by atoms with Crippen molar-refractivity contribution in [3.8, 4) is 0 Å². The summed E-state index contributed by atoms with van der Waals surface area (Å²) < 4.78 is 28.3. The number of nitrogens with two attached hydrogens (primary N) is 1. The first-order valence-electron chi connectivity index (χ1n) is 6.33. The highest BCUT2D eigenvalue weighted by molar-refractivity contribution is 7.89. The lowest BCUT2D eigenvalue weighted by Crippen LogP contribution is -2.42. The molecule has 7 heteroatoms. The zero-order valence-electron chi connectivity index (χ0n) is 11.3. The first-order valence-corrected chi connectivity index (χ1v) is 7.88. The molecule has 1 aromatic carbocycles. The van der Waals surface area contributed by atoms with Crippen LogP contribution >= 0.6 is 0 Å². The summed E-state index contributed by atoms with van der Waals surface area (Å²) in [4.78, 5) is 11.9. The second-order valence-electron chi connectivity index (χ2n) is 5.01. The molecule has 0 saturated heterocycles. The van der Waals surface area contributed by atoms with Gasteiger partial charge in [-0.2, -0.15) is 0 Å². The van der Waals surface area contributed by atoms with E-state index >= 15 is 0 Å². The van der Waals surface area contributed by atoms with Crippen molar-refractivity contribution in [1.82, 2.24) is 0 Å². The number of methoxy groups -OCH3 is 1. The van der Waals surface area contributed by atoms with E-state index in [0.717, 1.165) is 19.3 Å². The highest BCUT2D eigenvalue weighted by Gasteiger charge is 2.39. The molecule has 1 aliphatic carbocycles. The summed E-state index contributed by atoms with van der Waals surface area (Å²) >= 11 is 0. The van der Waals surface area contributed by atoms with Gasteiger partial charge in [-0.3, -0.25) is 4.79 Å². The Morgan fingerprint density at radius 2 is 2.05 bits per heavy atom. The molecule has 1 aliphatic rings. The summed E-state index contributed by atoms with van der Waals surface area (Å²) in [5, 5.41) is 7.72. The number of rotatable bonds is 5. The standard InChI is InChI=1S/C13H18N2O4S/c1-19-13(7-4-8-13)9-12(16)15-10-5-2-3-6-11(10)20(14,17)18/h2-3,5-6H,4,7-9H2,1H3,(H,15,16)(H2,14,17,18). The maximum absolute atomic E-state index is 12.0. The van der Waals surface area contributed by atoms with Crippen molar-refractivity contribution < 1.29 is 17.9 Å². The fraction of sp³-hybridized carbons (Fsp3) is 0.462. The van der Waals surface area contributed by atoms with E-state index in [1.54, 1.807) is 19.2 Å². The molecule has 0 atom stereocenters. The Morgan fingerprint density at radius 1 is 1.40 bits per heavy atom. The zero-order chi connectivity index (χ0) is 14.8. The third-order valence-corrected chi connectivity index (χ3v) is 4.62. The molecule has 0 aliphatic heterocycles. The van der Waals surface area contributed by atoms with E-state index in [1.807, 2.05) is 0 Å². The Labute approximate surface area is 118 Å². The molecule has 0 aromatic heterocycles. The van der Waals surface area contributed by atoms with Gasteiger partial charge in [-0.05, 0) is 31.4 Å². The van der Waals surface area contributed by atoms with Gasteiger partial charge >= 0.3 is 0 Å². The first kappa shape index (κ1) is 15.0. The second kappa shape index (κ2) is 5.51. The predicted molar refractivity (Wildman–Crippen MR) is 74.7 cm³/mol. The van der Waals surface area contributed by atoms with Crippen molar-refractivity contribution in [3.63, 3.8) is 0 Å². The van der Waals surface area contributed by atoms with E-state index in [1.165, 1.54) is 12.1 Å². The summed E-state index contributed by atoms with van der Waals surface area (Å²) in [6.45, 7) is 0. The maximum Gasteiger partial charge on any atom is 0.240 e. The first-order chi connectivity index (χ1) is 9.36. The van der Waals surface area contributed by atoms with Crippen molar-refractivity contribution in [2.75, 3.05) is 12.4 Å². The van der Waals surface area contributed by atoms with Crippen LogP contribution in [-0.4, -0.2) is 27.0 Å². The summed E-state index contributed by atoms with van der Waals surface area (Å²) in [6, 6.07) is 6.07. The Bertz CT molecular complexity index is 603. The fourth-order valence-electron chi connectivity index (χ4n) is 2.33. The molecular formula is C13H18N2O4S. The summed E-state index contributed by atoms with van der Waals surface area (Å²) in [7, 11) is -2.28. The van der Waals surface area contributed by atoms with E-state index in [2.05, 4.69) is 5.32 Å². The number of ether oxygens (including phenoxy) is 1. The van der Waals surface area contributed by atoms with Gasteiger partial charge in [-0.25, -0.2) is 13.6 Å². The van der Waals surface area contributed by atoms with Gasteiger partial charge in [-0.15, -0.1) is 0 Å². The number of carbonyl (C=O) groups is 1. The molecular weight excluding hydrogens is 280 g/mol. The van der Waals surface area contributed by atoms with Crippen molar-refractivity contribution in [2.24, 2.45) is 5.14 Å². The second-order valence-corrected chi connectivity index (χ2v) is 6.54. The smallest absolute Gasteiger partial charge is 0.240 e. The number of nitrogens with one attached hydrogen (secondary N) is 1. The number of anilines is 1. The van der Waals surface area contributed by atoms with E-state index in [9.17, 15) is 13.2 Å². The van der Waals surface area contributed by atoms with Crippen molar-refractivity contribution in [1.29, 1.82) is 0 Å².